The highest BCUT2D eigenvalue weighted by Gasteiger charge is 1.99. The zero-order valence-corrected chi connectivity index (χ0v) is 10.8. The van der Waals surface area contributed by atoms with Crippen molar-refractivity contribution in [2.45, 2.75) is 71.8 Å². The summed E-state index contributed by atoms with van der Waals surface area (Å²) >= 11 is 0. The first-order valence-corrected chi connectivity index (χ1v) is 6.54. The summed E-state index contributed by atoms with van der Waals surface area (Å²) in [5.41, 5.74) is 0. The van der Waals surface area contributed by atoms with E-state index in [1.807, 2.05) is 0 Å². The van der Waals surface area contributed by atoms with E-state index < -0.39 is 0 Å². The van der Waals surface area contributed by atoms with Crippen molar-refractivity contribution >= 4 is 0 Å². The van der Waals surface area contributed by atoms with Gasteiger partial charge in [-0.25, -0.2) is 0 Å². The molecule has 0 aromatic heterocycles. The zero-order valence-electron chi connectivity index (χ0n) is 10.8. The van der Waals surface area contributed by atoms with Gasteiger partial charge in [-0.05, 0) is 40.0 Å². The Bertz CT molecular complexity index is 140. The van der Waals surface area contributed by atoms with Crippen LogP contribution < -0.4 is 0 Å². The molecule has 0 saturated carbocycles. The molecule has 0 N–H and O–H groups in total. The smallest absolute Gasteiger partial charge is 0.0546 e. The summed E-state index contributed by atoms with van der Waals surface area (Å²) in [7, 11) is 0. The summed E-state index contributed by atoms with van der Waals surface area (Å²) in [4.78, 5) is 0. The van der Waals surface area contributed by atoms with Crippen molar-refractivity contribution in [3.05, 3.63) is 12.2 Å². The number of allylic oxidation sites excluding steroid dienone is 2. The number of ether oxygens (including phenoxy) is 1. The third kappa shape index (κ3) is 11.6. The van der Waals surface area contributed by atoms with Gasteiger partial charge in [0.2, 0.25) is 0 Å². The van der Waals surface area contributed by atoms with Crippen LogP contribution in [0, 0.1) is 0 Å². The van der Waals surface area contributed by atoms with Crippen LogP contribution in [0.15, 0.2) is 12.2 Å². The van der Waals surface area contributed by atoms with Crippen LogP contribution in [0.4, 0.5) is 0 Å². The van der Waals surface area contributed by atoms with Crippen molar-refractivity contribution in [1.82, 2.24) is 0 Å². The van der Waals surface area contributed by atoms with Gasteiger partial charge in [0, 0.05) is 6.61 Å². The summed E-state index contributed by atoms with van der Waals surface area (Å²) < 4.78 is 5.49. The number of hydrogen-bond acceptors (Lipinski definition) is 1. The van der Waals surface area contributed by atoms with Gasteiger partial charge in [-0.15, -0.1) is 0 Å². The third-order valence-corrected chi connectivity index (χ3v) is 2.67. The van der Waals surface area contributed by atoms with E-state index in [-0.39, 0.29) is 0 Å². The summed E-state index contributed by atoms with van der Waals surface area (Å²) in [5.74, 6) is 0. The molecule has 1 nitrogen and oxygen atoms in total. The first kappa shape index (κ1) is 14.7. The van der Waals surface area contributed by atoms with Gasteiger partial charge < -0.3 is 4.74 Å². The second kappa shape index (κ2) is 11.8. The standard InChI is InChI=1S/C14H28O/c1-4-6-7-8-9-10-11-12-13-14(3)15-5-2/h4,6,14H,5,7-13H2,1-3H3. The van der Waals surface area contributed by atoms with Crippen molar-refractivity contribution < 1.29 is 4.74 Å². The average Bonchev–Trinajstić information content (AvgIpc) is 2.22. The van der Waals surface area contributed by atoms with Crippen LogP contribution in [0.3, 0.4) is 0 Å². The molecule has 0 radical (unpaired) electrons. The third-order valence-electron chi connectivity index (χ3n) is 2.67. The minimum Gasteiger partial charge on any atom is -0.379 e. The Labute approximate surface area is 95.9 Å². The van der Waals surface area contributed by atoms with Crippen LogP contribution in [-0.2, 0) is 4.74 Å². The Balaban J connectivity index is 3.04. The molecule has 0 heterocycles. The number of rotatable bonds is 10. The van der Waals surface area contributed by atoms with E-state index in [1.165, 1.54) is 44.9 Å². The van der Waals surface area contributed by atoms with Crippen molar-refractivity contribution in [3.8, 4) is 0 Å². The lowest BCUT2D eigenvalue weighted by Gasteiger charge is -2.10. The molecule has 15 heavy (non-hydrogen) atoms. The fourth-order valence-corrected chi connectivity index (χ4v) is 1.76. The molecular weight excluding hydrogens is 184 g/mol. The number of unbranched alkanes of at least 4 members (excludes halogenated alkanes) is 5. The normalized spacial score (nSPS) is 13.5. The highest BCUT2D eigenvalue weighted by atomic mass is 16.5. The van der Waals surface area contributed by atoms with E-state index in [0.29, 0.717) is 6.10 Å². The zero-order chi connectivity index (χ0) is 11.4. The Kier molecular flexibility index (Phi) is 11.5. The molecule has 0 aliphatic heterocycles. The Morgan fingerprint density at radius 2 is 1.73 bits per heavy atom. The molecule has 0 aromatic carbocycles. The molecule has 0 rings (SSSR count). The molecule has 0 aromatic rings. The molecule has 0 saturated heterocycles. The lowest BCUT2D eigenvalue weighted by molar-refractivity contribution is 0.0684. The number of hydrogen-bond donors (Lipinski definition) is 0. The predicted molar refractivity (Wildman–Crippen MR) is 68.2 cm³/mol. The fourth-order valence-electron chi connectivity index (χ4n) is 1.76. The van der Waals surface area contributed by atoms with E-state index in [9.17, 15) is 0 Å². The minimum absolute atomic E-state index is 0.457. The molecule has 0 aliphatic rings. The Hall–Kier alpha value is -0.300. The van der Waals surface area contributed by atoms with Gasteiger partial charge in [0.05, 0.1) is 6.10 Å². The quantitative estimate of drug-likeness (QED) is 0.376. The highest BCUT2D eigenvalue weighted by molar-refractivity contribution is 4.76. The van der Waals surface area contributed by atoms with E-state index in [4.69, 9.17) is 4.74 Å². The molecule has 1 atom stereocenters. The molecule has 1 heteroatoms. The van der Waals surface area contributed by atoms with Gasteiger partial charge >= 0.3 is 0 Å². The minimum atomic E-state index is 0.457. The van der Waals surface area contributed by atoms with Gasteiger partial charge in [0.15, 0.2) is 0 Å². The van der Waals surface area contributed by atoms with Crippen LogP contribution >= 0.6 is 0 Å². The lowest BCUT2D eigenvalue weighted by atomic mass is 10.1. The molecule has 1 unspecified atom stereocenters. The Morgan fingerprint density at radius 3 is 2.40 bits per heavy atom. The lowest BCUT2D eigenvalue weighted by Crippen LogP contribution is -2.07. The molecule has 0 spiro atoms. The largest absolute Gasteiger partial charge is 0.379 e. The van der Waals surface area contributed by atoms with Crippen LogP contribution in [0.5, 0.6) is 0 Å². The molecule has 90 valence electrons. The summed E-state index contributed by atoms with van der Waals surface area (Å²) in [6.07, 6.45) is 14.2. The van der Waals surface area contributed by atoms with Crippen molar-refractivity contribution in [1.29, 1.82) is 0 Å². The summed E-state index contributed by atoms with van der Waals surface area (Å²) in [6.45, 7) is 7.19. The SMILES string of the molecule is CC=CCCCCCCCC(C)OCC. The maximum absolute atomic E-state index is 5.49. The van der Waals surface area contributed by atoms with Crippen molar-refractivity contribution in [3.63, 3.8) is 0 Å². The molecular formula is C14H28O. The Morgan fingerprint density at radius 1 is 1.07 bits per heavy atom. The fraction of sp³-hybridized carbons (Fsp3) is 0.857. The van der Waals surface area contributed by atoms with Gasteiger partial charge in [-0.2, -0.15) is 0 Å². The maximum Gasteiger partial charge on any atom is 0.0546 e. The topological polar surface area (TPSA) is 9.23 Å². The second-order valence-electron chi connectivity index (χ2n) is 4.18. The van der Waals surface area contributed by atoms with Crippen LogP contribution in [0.1, 0.15) is 65.7 Å². The van der Waals surface area contributed by atoms with E-state index >= 15 is 0 Å². The predicted octanol–water partition coefficient (Wildman–Crippen LogP) is 4.72. The van der Waals surface area contributed by atoms with Gasteiger partial charge in [0.1, 0.15) is 0 Å². The van der Waals surface area contributed by atoms with Crippen molar-refractivity contribution in [2.75, 3.05) is 6.61 Å². The first-order chi connectivity index (χ1) is 7.31. The molecule has 0 bridgehead atoms. The first-order valence-electron chi connectivity index (χ1n) is 6.54. The van der Waals surface area contributed by atoms with Gasteiger partial charge in [0.25, 0.3) is 0 Å². The van der Waals surface area contributed by atoms with E-state index in [2.05, 4.69) is 32.9 Å². The highest BCUT2D eigenvalue weighted by Crippen LogP contribution is 2.10. The van der Waals surface area contributed by atoms with E-state index in [1.54, 1.807) is 0 Å². The molecule has 0 aliphatic carbocycles. The van der Waals surface area contributed by atoms with Crippen molar-refractivity contribution in [2.24, 2.45) is 0 Å². The summed E-state index contributed by atoms with van der Waals surface area (Å²) in [5, 5.41) is 0. The molecule has 0 fully saturated rings. The van der Waals surface area contributed by atoms with Crippen LogP contribution in [-0.4, -0.2) is 12.7 Å². The van der Waals surface area contributed by atoms with Gasteiger partial charge in [-0.1, -0.05) is 37.8 Å². The average molecular weight is 212 g/mol. The monoisotopic (exact) mass is 212 g/mol. The maximum atomic E-state index is 5.49. The molecule has 0 amide bonds. The van der Waals surface area contributed by atoms with E-state index in [0.717, 1.165) is 6.61 Å². The second-order valence-corrected chi connectivity index (χ2v) is 4.18. The van der Waals surface area contributed by atoms with Gasteiger partial charge in [-0.3, -0.25) is 0 Å². The summed E-state index contributed by atoms with van der Waals surface area (Å²) in [6, 6.07) is 0. The van der Waals surface area contributed by atoms with Crippen LogP contribution in [0.2, 0.25) is 0 Å². The van der Waals surface area contributed by atoms with Crippen LogP contribution in [0.25, 0.3) is 0 Å².